The van der Waals surface area contributed by atoms with Crippen LogP contribution in [0.25, 0.3) is 0 Å². The first kappa shape index (κ1) is 28.6. The third kappa shape index (κ3) is 11.5. The van der Waals surface area contributed by atoms with E-state index in [1.54, 1.807) is 0 Å². The second-order valence-corrected chi connectivity index (χ2v) is 7.08. The molecule has 0 aliphatic heterocycles. The molecule has 13 nitrogen and oxygen atoms in total. The molecule has 0 fully saturated rings. The summed E-state index contributed by atoms with van der Waals surface area (Å²) in [5, 5.41) is 33.5. The Hall–Kier alpha value is -2.42. The van der Waals surface area contributed by atoms with E-state index in [9.17, 15) is 24.0 Å². The molecule has 0 aromatic rings. The van der Waals surface area contributed by atoms with Crippen LogP contribution in [0.5, 0.6) is 0 Å². The largest absolute Gasteiger partial charge is 0.481 e. The second kappa shape index (κ2) is 15.4. The number of aliphatic hydroxyl groups excluding tert-OH is 1. The molecule has 10 N–H and O–H groups in total. The molecule has 0 aromatic carbocycles. The highest BCUT2D eigenvalue weighted by atomic mass is 32.1. The van der Waals surface area contributed by atoms with Gasteiger partial charge in [0.2, 0.25) is 17.7 Å². The Kier molecular flexibility index (Phi) is 14.2. The zero-order valence-corrected chi connectivity index (χ0v) is 17.8. The summed E-state index contributed by atoms with van der Waals surface area (Å²) in [4.78, 5) is 58.9. The molecule has 0 aliphatic carbocycles. The number of carbonyl (C=O) groups is 5. The normalized spacial score (nSPS) is 14.6. The topological polar surface area (TPSA) is 234 Å². The van der Waals surface area contributed by atoms with Crippen molar-refractivity contribution >= 4 is 42.3 Å². The summed E-state index contributed by atoms with van der Waals surface area (Å²) < 4.78 is 0. The first-order chi connectivity index (χ1) is 14.6. The molecule has 3 amide bonds. The van der Waals surface area contributed by atoms with Gasteiger partial charge in [-0.15, -0.1) is 0 Å². The molecule has 14 heteroatoms. The van der Waals surface area contributed by atoms with Crippen molar-refractivity contribution in [1.29, 1.82) is 0 Å². The smallest absolute Gasteiger partial charge is 0.328 e. The number of nitrogens with one attached hydrogen (secondary N) is 3. The number of rotatable bonds is 16. The van der Waals surface area contributed by atoms with E-state index < -0.39 is 66.9 Å². The number of unbranched alkanes of at least 4 members (excludes halogenated alkanes) is 1. The van der Waals surface area contributed by atoms with Crippen LogP contribution in [0.4, 0.5) is 0 Å². The fraction of sp³-hybridized carbons (Fsp3) is 0.706. The summed E-state index contributed by atoms with van der Waals surface area (Å²) in [6.45, 7) is -0.433. The van der Waals surface area contributed by atoms with Gasteiger partial charge in [-0.25, -0.2) is 4.79 Å². The van der Waals surface area contributed by atoms with Gasteiger partial charge in [-0.3, -0.25) is 19.2 Å². The van der Waals surface area contributed by atoms with Crippen LogP contribution in [0.15, 0.2) is 0 Å². The molecule has 0 saturated carbocycles. The SMILES string of the molecule is NCCCCC(N)C(=O)NC(CCC(=O)O)C(=O)NC(CS)C(=O)NC(CO)C(=O)O. The van der Waals surface area contributed by atoms with Gasteiger partial charge in [-0.1, -0.05) is 6.42 Å². The maximum absolute atomic E-state index is 12.6. The molecule has 4 unspecified atom stereocenters. The quantitative estimate of drug-likeness (QED) is 0.0816. The first-order valence-electron chi connectivity index (χ1n) is 9.60. The standard InChI is InChI=1S/C17H31N5O8S/c18-6-2-1-3-9(19)14(26)20-10(4-5-13(24)25)15(27)22-12(8-31)16(28)21-11(7-23)17(29)30/h9-12,23,31H,1-8,18-19H2,(H,20,26)(H,21,28)(H,22,27)(H,24,25)(H,29,30). The van der Waals surface area contributed by atoms with Crippen LogP contribution >= 0.6 is 12.6 Å². The molecule has 0 radical (unpaired) electrons. The van der Waals surface area contributed by atoms with E-state index in [1.165, 1.54) is 0 Å². The zero-order valence-electron chi connectivity index (χ0n) is 17.0. The lowest BCUT2D eigenvalue weighted by Crippen LogP contribution is -2.58. The van der Waals surface area contributed by atoms with Crippen molar-refractivity contribution < 1.29 is 39.3 Å². The maximum atomic E-state index is 12.6. The van der Waals surface area contributed by atoms with E-state index in [0.717, 1.165) is 0 Å². The predicted octanol–water partition coefficient (Wildman–Crippen LogP) is -3.23. The van der Waals surface area contributed by atoms with E-state index in [2.05, 4.69) is 23.3 Å². The van der Waals surface area contributed by atoms with E-state index in [-0.39, 0.29) is 12.2 Å². The van der Waals surface area contributed by atoms with Crippen LogP contribution in [0.3, 0.4) is 0 Å². The maximum Gasteiger partial charge on any atom is 0.328 e. The third-order valence-corrected chi connectivity index (χ3v) is 4.56. The van der Waals surface area contributed by atoms with Crippen molar-refractivity contribution in [1.82, 2.24) is 16.0 Å². The number of hydrogen-bond acceptors (Lipinski definition) is 9. The van der Waals surface area contributed by atoms with Gasteiger partial charge in [0, 0.05) is 12.2 Å². The Morgan fingerprint density at radius 3 is 1.87 bits per heavy atom. The van der Waals surface area contributed by atoms with Gasteiger partial charge in [0.05, 0.1) is 12.6 Å². The molecule has 0 heterocycles. The Morgan fingerprint density at radius 1 is 0.839 bits per heavy atom. The van der Waals surface area contributed by atoms with E-state index in [4.69, 9.17) is 26.8 Å². The average molecular weight is 466 g/mol. The summed E-state index contributed by atoms with van der Waals surface area (Å²) in [6.07, 6.45) is 0.861. The van der Waals surface area contributed by atoms with Gasteiger partial charge in [-0.2, -0.15) is 12.6 Å². The van der Waals surface area contributed by atoms with Gasteiger partial charge < -0.3 is 42.7 Å². The van der Waals surface area contributed by atoms with Gasteiger partial charge in [0.15, 0.2) is 0 Å². The minimum absolute atomic E-state index is 0.229. The predicted molar refractivity (Wildman–Crippen MR) is 112 cm³/mol. The Morgan fingerprint density at radius 2 is 1.39 bits per heavy atom. The fourth-order valence-corrected chi connectivity index (χ4v) is 2.64. The molecular formula is C17H31N5O8S. The summed E-state index contributed by atoms with van der Waals surface area (Å²) in [5.41, 5.74) is 11.2. The molecular weight excluding hydrogens is 434 g/mol. The van der Waals surface area contributed by atoms with Crippen molar-refractivity contribution in [2.75, 3.05) is 18.9 Å². The molecule has 31 heavy (non-hydrogen) atoms. The van der Waals surface area contributed by atoms with Crippen molar-refractivity contribution in [2.45, 2.75) is 56.3 Å². The Balaban J connectivity index is 5.15. The number of carboxylic acid groups (broad SMARTS) is 2. The lowest BCUT2D eigenvalue weighted by atomic mass is 10.1. The van der Waals surface area contributed by atoms with Crippen molar-refractivity contribution in [2.24, 2.45) is 11.5 Å². The molecule has 0 bridgehead atoms. The highest BCUT2D eigenvalue weighted by molar-refractivity contribution is 7.80. The molecule has 0 spiro atoms. The average Bonchev–Trinajstić information content (AvgIpc) is 2.72. The van der Waals surface area contributed by atoms with Crippen LogP contribution in [0, 0.1) is 0 Å². The number of amides is 3. The summed E-state index contributed by atoms with van der Waals surface area (Å²) in [7, 11) is 0. The highest BCUT2D eigenvalue weighted by Crippen LogP contribution is 2.04. The molecule has 0 rings (SSSR count). The van der Waals surface area contributed by atoms with E-state index in [0.29, 0.717) is 25.8 Å². The van der Waals surface area contributed by atoms with Crippen LogP contribution in [-0.4, -0.2) is 88.1 Å². The number of hydrogen-bond donors (Lipinski definition) is 9. The van der Waals surface area contributed by atoms with Crippen LogP contribution in [-0.2, 0) is 24.0 Å². The van der Waals surface area contributed by atoms with Crippen molar-refractivity contribution in [3.05, 3.63) is 0 Å². The highest BCUT2D eigenvalue weighted by Gasteiger charge is 2.29. The lowest BCUT2D eigenvalue weighted by molar-refractivity contribution is -0.143. The molecule has 0 aromatic heterocycles. The van der Waals surface area contributed by atoms with Crippen LogP contribution < -0.4 is 27.4 Å². The van der Waals surface area contributed by atoms with E-state index in [1.807, 2.05) is 5.32 Å². The molecule has 0 saturated heterocycles. The number of carbonyl (C=O) groups excluding carboxylic acids is 3. The lowest BCUT2D eigenvalue weighted by Gasteiger charge is -2.24. The zero-order chi connectivity index (χ0) is 24.0. The summed E-state index contributed by atoms with van der Waals surface area (Å²) in [5.74, 6) is -5.36. The van der Waals surface area contributed by atoms with E-state index >= 15 is 0 Å². The van der Waals surface area contributed by atoms with Gasteiger partial charge in [0.1, 0.15) is 18.1 Å². The molecule has 178 valence electrons. The molecule has 4 atom stereocenters. The van der Waals surface area contributed by atoms with Gasteiger partial charge in [0.25, 0.3) is 0 Å². The number of nitrogens with two attached hydrogens (primary N) is 2. The summed E-state index contributed by atoms with van der Waals surface area (Å²) in [6, 6.07) is -5.11. The number of carboxylic acids is 2. The minimum atomic E-state index is -1.58. The number of aliphatic hydroxyl groups is 1. The van der Waals surface area contributed by atoms with Gasteiger partial charge >= 0.3 is 11.9 Å². The Bertz CT molecular complexity index is 636. The van der Waals surface area contributed by atoms with Crippen LogP contribution in [0.1, 0.15) is 32.1 Å². The summed E-state index contributed by atoms with van der Waals surface area (Å²) >= 11 is 3.94. The second-order valence-electron chi connectivity index (χ2n) is 6.71. The monoisotopic (exact) mass is 465 g/mol. The fourth-order valence-electron chi connectivity index (χ4n) is 2.38. The van der Waals surface area contributed by atoms with Crippen LogP contribution in [0.2, 0.25) is 0 Å². The minimum Gasteiger partial charge on any atom is -0.481 e. The third-order valence-electron chi connectivity index (χ3n) is 4.20. The van der Waals surface area contributed by atoms with Gasteiger partial charge in [-0.05, 0) is 25.8 Å². The number of thiol groups is 1. The first-order valence-corrected chi connectivity index (χ1v) is 10.2. The van der Waals surface area contributed by atoms with Crippen molar-refractivity contribution in [3.63, 3.8) is 0 Å². The Labute approximate surface area is 184 Å². The van der Waals surface area contributed by atoms with Crippen molar-refractivity contribution in [3.8, 4) is 0 Å². The molecule has 0 aliphatic rings. The number of aliphatic carboxylic acids is 2.